The van der Waals surface area contributed by atoms with Crippen LogP contribution in [0.1, 0.15) is 91.4 Å². The summed E-state index contributed by atoms with van der Waals surface area (Å²) < 4.78 is 13.6. The highest BCUT2D eigenvalue weighted by atomic mass is 19.1. The van der Waals surface area contributed by atoms with Gasteiger partial charge in [0.2, 0.25) is 0 Å². The number of hydrogen-bond acceptors (Lipinski definition) is 2. The van der Waals surface area contributed by atoms with E-state index in [0.717, 1.165) is 31.6 Å². The van der Waals surface area contributed by atoms with Crippen LogP contribution in [0.3, 0.4) is 0 Å². The molecule has 0 saturated heterocycles. The molecular weight excluding hydrogens is 311 g/mol. The average Bonchev–Trinajstić information content (AvgIpc) is 3.06. The number of nitrogens with one attached hydrogen (secondary N) is 1. The molecule has 3 rings (SSSR count). The highest BCUT2D eigenvalue weighted by molar-refractivity contribution is 5.87. The lowest BCUT2D eigenvalue weighted by Crippen LogP contribution is -2.46. The second-order valence-corrected chi connectivity index (χ2v) is 9.10. The molecule has 25 heavy (non-hydrogen) atoms. The Hall–Kier alpha value is -0.600. The van der Waals surface area contributed by atoms with Gasteiger partial charge in [0, 0.05) is 5.92 Å². The molecule has 1 aliphatic heterocycles. The fraction of sp³-hybridized carbons (Fsp3) is 0.955. The van der Waals surface area contributed by atoms with Crippen LogP contribution in [0.15, 0.2) is 4.99 Å². The summed E-state index contributed by atoms with van der Waals surface area (Å²) in [5.41, 5.74) is 0. The molecule has 0 radical (unpaired) electrons. The number of aliphatic imine (C=N–C) groups is 1. The minimum Gasteiger partial charge on any atom is -0.368 e. The van der Waals surface area contributed by atoms with Crippen molar-refractivity contribution in [1.29, 1.82) is 0 Å². The molecule has 0 aromatic carbocycles. The maximum Gasteiger partial charge on any atom is 0.100 e. The van der Waals surface area contributed by atoms with E-state index < -0.39 is 6.17 Å². The second-order valence-electron chi connectivity index (χ2n) is 9.10. The molecule has 0 aromatic heterocycles. The first-order valence-corrected chi connectivity index (χ1v) is 11.1. The summed E-state index contributed by atoms with van der Waals surface area (Å²) in [6.07, 6.45) is 12.1. The highest BCUT2D eigenvalue weighted by Crippen LogP contribution is 2.38. The fourth-order valence-electron chi connectivity index (χ4n) is 5.51. The van der Waals surface area contributed by atoms with Crippen LogP contribution in [0.5, 0.6) is 0 Å². The van der Waals surface area contributed by atoms with Crippen LogP contribution < -0.4 is 5.32 Å². The smallest absolute Gasteiger partial charge is 0.100 e. The van der Waals surface area contributed by atoms with Crippen molar-refractivity contribution in [1.82, 2.24) is 5.32 Å². The van der Waals surface area contributed by atoms with Crippen molar-refractivity contribution in [2.45, 2.75) is 110 Å². The van der Waals surface area contributed by atoms with Gasteiger partial charge in [-0.3, -0.25) is 4.99 Å². The van der Waals surface area contributed by atoms with Crippen LogP contribution in [-0.2, 0) is 0 Å². The van der Waals surface area contributed by atoms with Gasteiger partial charge in [-0.05, 0) is 62.7 Å². The predicted octanol–water partition coefficient (Wildman–Crippen LogP) is 5.91. The zero-order valence-corrected chi connectivity index (χ0v) is 16.6. The Labute approximate surface area is 154 Å². The van der Waals surface area contributed by atoms with Crippen molar-refractivity contribution in [3.8, 4) is 0 Å². The molecular formula is C22H39FN2. The van der Waals surface area contributed by atoms with Crippen molar-refractivity contribution in [2.24, 2.45) is 28.7 Å². The van der Waals surface area contributed by atoms with Crippen LogP contribution in [0.25, 0.3) is 0 Å². The number of hydrogen-bond donors (Lipinski definition) is 1. The molecule has 0 aromatic rings. The van der Waals surface area contributed by atoms with Crippen molar-refractivity contribution in [2.75, 3.05) is 0 Å². The van der Waals surface area contributed by atoms with Crippen LogP contribution in [0.2, 0.25) is 0 Å². The molecule has 2 fully saturated rings. The molecule has 1 heterocycles. The van der Waals surface area contributed by atoms with Crippen molar-refractivity contribution in [3.63, 3.8) is 0 Å². The standard InChI is InChI=1S/C22H39FN2/c1-4-6-16(5-2)20-21(17-11-13-19(23)14-12-17)25-22(24-20)18-9-7-15(3)8-10-18/h15-21H,4-14H2,1-3H3,(H,24,25). The SMILES string of the molecule is CCCC(CC)C1N=C(C2CCC(C)CC2)NC1C1CCC(F)CC1. The topological polar surface area (TPSA) is 24.4 Å². The summed E-state index contributed by atoms with van der Waals surface area (Å²) in [4.78, 5) is 5.31. The van der Waals surface area contributed by atoms with Crippen LogP contribution in [0, 0.1) is 23.7 Å². The van der Waals surface area contributed by atoms with Gasteiger partial charge in [-0.15, -0.1) is 0 Å². The molecule has 2 saturated carbocycles. The lowest BCUT2D eigenvalue weighted by molar-refractivity contribution is 0.166. The number of alkyl halides is 1. The quantitative estimate of drug-likeness (QED) is 0.633. The monoisotopic (exact) mass is 350 g/mol. The molecule has 0 spiro atoms. The minimum absolute atomic E-state index is 0.431. The van der Waals surface area contributed by atoms with Crippen molar-refractivity contribution in [3.05, 3.63) is 0 Å². The van der Waals surface area contributed by atoms with E-state index in [1.54, 1.807) is 0 Å². The molecule has 2 aliphatic carbocycles. The van der Waals surface area contributed by atoms with Crippen LogP contribution >= 0.6 is 0 Å². The Morgan fingerprint density at radius 2 is 1.72 bits per heavy atom. The third kappa shape index (κ3) is 4.57. The van der Waals surface area contributed by atoms with Gasteiger partial charge in [0.1, 0.15) is 12.0 Å². The fourth-order valence-corrected chi connectivity index (χ4v) is 5.51. The molecule has 0 bridgehead atoms. The Balaban J connectivity index is 1.72. The zero-order chi connectivity index (χ0) is 17.8. The number of amidine groups is 1. The normalized spacial score (nSPS) is 40.4. The lowest BCUT2D eigenvalue weighted by atomic mass is 9.76. The Morgan fingerprint density at radius 3 is 2.32 bits per heavy atom. The zero-order valence-electron chi connectivity index (χ0n) is 16.6. The van der Waals surface area contributed by atoms with Gasteiger partial charge < -0.3 is 5.32 Å². The summed E-state index contributed by atoms with van der Waals surface area (Å²) in [7, 11) is 0. The highest BCUT2D eigenvalue weighted by Gasteiger charge is 2.41. The van der Waals surface area contributed by atoms with E-state index in [2.05, 4.69) is 26.1 Å². The second kappa shape index (κ2) is 8.86. The Kier molecular flexibility index (Phi) is 6.79. The van der Waals surface area contributed by atoms with Gasteiger partial charge in [0.25, 0.3) is 0 Å². The average molecular weight is 351 g/mol. The summed E-state index contributed by atoms with van der Waals surface area (Å²) >= 11 is 0. The van der Waals surface area contributed by atoms with Gasteiger partial charge in [0.15, 0.2) is 0 Å². The number of rotatable bonds is 6. The first kappa shape index (κ1) is 19.2. The summed E-state index contributed by atoms with van der Waals surface area (Å²) in [5, 5.41) is 3.91. The van der Waals surface area contributed by atoms with E-state index >= 15 is 0 Å². The third-order valence-corrected chi connectivity index (χ3v) is 7.25. The molecule has 3 heteroatoms. The van der Waals surface area contributed by atoms with Gasteiger partial charge in [-0.1, -0.05) is 46.5 Å². The van der Waals surface area contributed by atoms with E-state index in [1.807, 2.05) is 0 Å². The molecule has 0 amide bonds. The Bertz CT molecular complexity index is 433. The first-order valence-electron chi connectivity index (χ1n) is 11.1. The van der Waals surface area contributed by atoms with Crippen LogP contribution in [0.4, 0.5) is 4.39 Å². The molecule has 1 N–H and O–H groups in total. The summed E-state index contributed by atoms with van der Waals surface area (Å²) in [5.74, 6) is 4.16. The Morgan fingerprint density at radius 1 is 1.04 bits per heavy atom. The number of halogens is 1. The minimum atomic E-state index is -0.561. The molecule has 2 nitrogen and oxygen atoms in total. The van der Waals surface area contributed by atoms with Crippen molar-refractivity contribution >= 4 is 5.84 Å². The largest absolute Gasteiger partial charge is 0.368 e. The van der Waals surface area contributed by atoms with Gasteiger partial charge >= 0.3 is 0 Å². The molecule has 3 unspecified atom stereocenters. The molecule has 144 valence electrons. The van der Waals surface area contributed by atoms with Gasteiger partial charge in [-0.2, -0.15) is 0 Å². The third-order valence-electron chi connectivity index (χ3n) is 7.25. The summed E-state index contributed by atoms with van der Waals surface area (Å²) in [6.45, 7) is 7.00. The first-order chi connectivity index (χ1) is 12.1. The maximum atomic E-state index is 13.6. The van der Waals surface area contributed by atoms with Gasteiger partial charge in [0.05, 0.1) is 12.1 Å². The predicted molar refractivity (Wildman–Crippen MR) is 105 cm³/mol. The van der Waals surface area contributed by atoms with E-state index in [-0.39, 0.29) is 0 Å². The lowest BCUT2D eigenvalue weighted by Gasteiger charge is -2.35. The van der Waals surface area contributed by atoms with Crippen LogP contribution in [-0.4, -0.2) is 24.1 Å². The van der Waals surface area contributed by atoms with E-state index in [1.165, 1.54) is 50.8 Å². The maximum absolute atomic E-state index is 13.6. The molecule has 3 aliphatic rings. The molecule has 3 atom stereocenters. The van der Waals surface area contributed by atoms with Gasteiger partial charge in [-0.25, -0.2) is 4.39 Å². The van der Waals surface area contributed by atoms with Crippen molar-refractivity contribution < 1.29 is 4.39 Å². The number of nitrogens with zero attached hydrogens (tertiary/aromatic N) is 1. The van der Waals surface area contributed by atoms with E-state index in [4.69, 9.17) is 4.99 Å². The van der Waals surface area contributed by atoms with E-state index in [9.17, 15) is 4.39 Å². The van der Waals surface area contributed by atoms with E-state index in [0.29, 0.717) is 29.8 Å². The summed E-state index contributed by atoms with van der Waals surface area (Å²) in [6, 6.07) is 0.902.